The van der Waals surface area contributed by atoms with E-state index in [0.717, 1.165) is 0 Å². The van der Waals surface area contributed by atoms with Gasteiger partial charge in [-0.3, -0.25) is 9.97 Å². The Morgan fingerprint density at radius 3 is 0.800 bits per heavy atom. The van der Waals surface area contributed by atoms with Crippen molar-refractivity contribution >= 4 is 0 Å². The molecule has 0 saturated heterocycles. The molecule has 0 saturated carbocycles. The van der Waals surface area contributed by atoms with E-state index in [-0.39, 0.29) is 35.0 Å². The summed E-state index contributed by atoms with van der Waals surface area (Å²) in [5, 5.41) is 0. The second-order valence-corrected chi connectivity index (χ2v) is 2.05. The van der Waals surface area contributed by atoms with Gasteiger partial charge in [-0.05, 0) is 24.3 Å². The van der Waals surface area contributed by atoms with Gasteiger partial charge < -0.3 is 14.9 Å². The van der Waals surface area contributed by atoms with Crippen LogP contribution in [0.2, 0.25) is 0 Å². The summed E-state index contributed by atoms with van der Waals surface area (Å²) in [6, 6.07) is 11.4. The van der Waals surface area contributed by atoms with Crippen LogP contribution in [0.15, 0.2) is 61.2 Å². The third-order valence-electron chi connectivity index (χ3n) is 1.13. The summed E-state index contributed by atoms with van der Waals surface area (Å²) in [7, 11) is 0. The minimum Gasteiger partial charge on any atom is -0.358 e. The summed E-state index contributed by atoms with van der Waals surface area (Å²) in [4.78, 5) is 7.57. The molecule has 0 aliphatic rings. The molecule has 2 aromatic heterocycles. The second kappa shape index (κ2) is 15.4. The number of aromatic nitrogens is 2. The van der Waals surface area contributed by atoms with Crippen molar-refractivity contribution in [1.29, 1.82) is 0 Å². The zero-order valence-electron chi connectivity index (χ0n) is 9.00. The van der Waals surface area contributed by atoms with Crippen molar-refractivity contribution < 1.29 is 20.1 Å². The van der Waals surface area contributed by atoms with Crippen molar-refractivity contribution in [3.63, 3.8) is 0 Å². The van der Waals surface area contributed by atoms with E-state index < -0.39 is 0 Å². The number of hydrogen-bond acceptors (Lipinski definition) is 2. The van der Waals surface area contributed by atoms with E-state index in [1.165, 1.54) is 0 Å². The molecule has 3 heteroatoms. The van der Waals surface area contributed by atoms with Crippen LogP contribution >= 0.6 is 0 Å². The molecule has 0 fully saturated rings. The van der Waals surface area contributed by atoms with Gasteiger partial charge in [0.2, 0.25) is 0 Å². The molecule has 15 heavy (non-hydrogen) atoms. The Bertz CT molecular complexity index is 189. The fourth-order valence-corrected chi connectivity index (χ4v) is 0.625. The Morgan fingerprint density at radius 1 is 0.467 bits per heavy atom. The monoisotopic (exact) mass is 381 g/mol. The SMILES string of the molecule is [CH3-].[CH3-].[Ir].c1ccncc1.c1ccncc1. The normalized spacial score (nSPS) is 6.40. The molecule has 2 nitrogen and oxygen atoms in total. The molecule has 0 unspecified atom stereocenters. The summed E-state index contributed by atoms with van der Waals surface area (Å²) >= 11 is 0. The van der Waals surface area contributed by atoms with Gasteiger partial charge in [0.05, 0.1) is 0 Å². The molecule has 2 heterocycles. The van der Waals surface area contributed by atoms with Gasteiger partial charge in [-0.1, -0.05) is 12.1 Å². The zero-order valence-corrected chi connectivity index (χ0v) is 11.4. The predicted octanol–water partition coefficient (Wildman–Crippen LogP) is 3.06. The fraction of sp³-hybridized carbons (Fsp3) is 0. The zero-order chi connectivity index (χ0) is 8.49. The largest absolute Gasteiger partial charge is 0.358 e. The van der Waals surface area contributed by atoms with Crippen molar-refractivity contribution in [2.75, 3.05) is 0 Å². The van der Waals surface area contributed by atoms with E-state index >= 15 is 0 Å². The third-order valence-corrected chi connectivity index (χ3v) is 1.13. The summed E-state index contributed by atoms with van der Waals surface area (Å²) in [6.07, 6.45) is 7.00. The standard InChI is InChI=1S/2C5H5N.2CH3.Ir/c2*1-2-4-6-5-3-1;;;/h2*1-5H;2*1H3;/q;;2*-1;. The van der Waals surface area contributed by atoms with Gasteiger partial charge in [0.25, 0.3) is 0 Å². The first-order valence-corrected chi connectivity index (χ1v) is 3.70. The van der Waals surface area contributed by atoms with Gasteiger partial charge in [0.15, 0.2) is 0 Å². The van der Waals surface area contributed by atoms with Gasteiger partial charge in [-0.15, -0.1) is 0 Å². The van der Waals surface area contributed by atoms with Gasteiger partial charge in [0, 0.05) is 44.9 Å². The van der Waals surface area contributed by atoms with Crippen LogP contribution in [0.5, 0.6) is 0 Å². The third kappa shape index (κ3) is 12.9. The van der Waals surface area contributed by atoms with Crippen LogP contribution in [0.3, 0.4) is 0 Å². The average Bonchev–Trinajstić information content (AvgIpc) is 2.24. The molecule has 0 aliphatic heterocycles. The first-order chi connectivity index (χ1) is 6.00. The first kappa shape index (κ1) is 19.5. The molecular weight excluding hydrogens is 364 g/mol. The van der Waals surface area contributed by atoms with Crippen molar-refractivity contribution in [2.45, 2.75) is 0 Å². The van der Waals surface area contributed by atoms with Crippen LogP contribution in [0, 0.1) is 14.9 Å². The Kier molecular flexibility index (Phi) is 20.1. The van der Waals surface area contributed by atoms with Gasteiger partial charge >= 0.3 is 0 Å². The van der Waals surface area contributed by atoms with Crippen LogP contribution in [0.1, 0.15) is 0 Å². The van der Waals surface area contributed by atoms with Crippen LogP contribution in [-0.2, 0) is 20.1 Å². The average molecular weight is 380 g/mol. The van der Waals surface area contributed by atoms with Gasteiger partial charge in [0.1, 0.15) is 0 Å². The van der Waals surface area contributed by atoms with Crippen molar-refractivity contribution in [3.05, 3.63) is 76.0 Å². The molecule has 0 aromatic carbocycles. The van der Waals surface area contributed by atoms with Gasteiger partial charge in [-0.2, -0.15) is 0 Å². The predicted molar refractivity (Wildman–Crippen MR) is 61.3 cm³/mol. The van der Waals surface area contributed by atoms with E-state index in [1.54, 1.807) is 24.8 Å². The topological polar surface area (TPSA) is 25.8 Å². The van der Waals surface area contributed by atoms with E-state index in [9.17, 15) is 0 Å². The first-order valence-electron chi connectivity index (χ1n) is 3.70. The van der Waals surface area contributed by atoms with Gasteiger partial charge in [-0.25, -0.2) is 0 Å². The minimum absolute atomic E-state index is 0. The maximum Gasteiger partial charge on any atom is 0.0267 e. The van der Waals surface area contributed by atoms with Crippen LogP contribution in [-0.4, -0.2) is 9.97 Å². The van der Waals surface area contributed by atoms with E-state index in [0.29, 0.717) is 0 Å². The van der Waals surface area contributed by atoms with Crippen molar-refractivity contribution in [1.82, 2.24) is 9.97 Å². The second-order valence-electron chi connectivity index (χ2n) is 2.05. The summed E-state index contributed by atoms with van der Waals surface area (Å²) in [5.74, 6) is 0. The minimum atomic E-state index is 0. The molecule has 85 valence electrons. The molecule has 0 amide bonds. The fourth-order valence-electron chi connectivity index (χ4n) is 0.625. The molecule has 0 bridgehead atoms. The molecule has 0 atom stereocenters. The van der Waals surface area contributed by atoms with E-state index in [4.69, 9.17) is 0 Å². The summed E-state index contributed by atoms with van der Waals surface area (Å²) in [6.45, 7) is 0. The van der Waals surface area contributed by atoms with E-state index in [2.05, 4.69) is 9.97 Å². The molecule has 0 N–H and O–H groups in total. The van der Waals surface area contributed by atoms with E-state index in [1.807, 2.05) is 36.4 Å². The maximum absolute atomic E-state index is 3.78. The maximum atomic E-state index is 3.78. The summed E-state index contributed by atoms with van der Waals surface area (Å²) in [5.41, 5.74) is 0. The van der Waals surface area contributed by atoms with Crippen molar-refractivity contribution in [3.8, 4) is 0 Å². The Morgan fingerprint density at radius 2 is 0.733 bits per heavy atom. The Hall–Kier alpha value is -1.05. The number of rotatable bonds is 0. The molecule has 0 spiro atoms. The summed E-state index contributed by atoms with van der Waals surface area (Å²) < 4.78 is 0. The van der Waals surface area contributed by atoms with Crippen LogP contribution in [0.25, 0.3) is 0 Å². The number of nitrogens with zero attached hydrogens (tertiary/aromatic N) is 2. The van der Waals surface area contributed by atoms with Crippen molar-refractivity contribution in [2.24, 2.45) is 0 Å². The van der Waals surface area contributed by atoms with Crippen LogP contribution < -0.4 is 0 Å². The molecule has 0 aliphatic carbocycles. The Balaban J connectivity index is -0.000000160. The smallest absolute Gasteiger partial charge is 0.0267 e. The number of hydrogen-bond donors (Lipinski definition) is 0. The quantitative estimate of drug-likeness (QED) is 0.657. The molecule has 2 rings (SSSR count). The molecule has 2 aromatic rings. The molecule has 1 radical (unpaired) electrons. The molecular formula is C12H16IrN2-2. The Labute approximate surface area is 106 Å². The van der Waals surface area contributed by atoms with Crippen LogP contribution in [0.4, 0.5) is 0 Å². The number of pyridine rings is 2.